The first-order chi connectivity index (χ1) is 5.84. The lowest BCUT2D eigenvalue weighted by molar-refractivity contribution is -0.124. The van der Waals surface area contributed by atoms with Crippen LogP contribution in [0.2, 0.25) is 0 Å². The van der Waals surface area contributed by atoms with Gasteiger partial charge in [-0.15, -0.1) is 0 Å². The van der Waals surface area contributed by atoms with E-state index in [1.165, 1.54) is 0 Å². The molecule has 1 N–H and O–H groups in total. The monoisotopic (exact) mass is 185 g/mol. The summed E-state index contributed by atoms with van der Waals surface area (Å²) in [6.45, 7) is 10.9. The lowest BCUT2D eigenvalue weighted by Gasteiger charge is -2.37. The predicted octanol–water partition coefficient (Wildman–Crippen LogP) is 2.44. The summed E-state index contributed by atoms with van der Waals surface area (Å²) in [5.41, 5.74) is 0.111. The molecule has 2 heteroatoms. The maximum absolute atomic E-state index is 11.3. The molecule has 78 valence electrons. The van der Waals surface area contributed by atoms with Crippen molar-refractivity contribution < 1.29 is 4.79 Å². The highest BCUT2D eigenvalue weighted by Gasteiger charge is 2.33. The zero-order chi connectivity index (χ0) is 10.6. The zero-order valence-electron chi connectivity index (χ0n) is 9.77. The zero-order valence-corrected chi connectivity index (χ0v) is 9.77. The van der Waals surface area contributed by atoms with Gasteiger partial charge in [-0.1, -0.05) is 34.6 Å². The van der Waals surface area contributed by atoms with E-state index in [0.717, 1.165) is 0 Å². The lowest BCUT2D eigenvalue weighted by atomic mass is 9.68. The molecule has 0 fully saturated rings. The Morgan fingerprint density at radius 3 is 1.85 bits per heavy atom. The minimum atomic E-state index is 0.111. The molecular formula is C11H23NO. The van der Waals surface area contributed by atoms with Crippen molar-refractivity contribution in [1.82, 2.24) is 5.32 Å². The third kappa shape index (κ3) is 3.02. The Bertz CT molecular complexity index is 165. The molecule has 2 nitrogen and oxygen atoms in total. The maximum Gasteiger partial charge on any atom is 0.220 e. The molecule has 0 radical (unpaired) electrons. The van der Waals surface area contributed by atoms with Gasteiger partial charge in [0.1, 0.15) is 0 Å². The largest absolute Gasteiger partial charge is 0.359 e. The van der Waals surface area contributed by atoms with E-state index >= 15 is 0 Å². The smallest absolute Gasteiger partial charge is 0.220 e. The van der Waals surface area contributed by atoms with Crippen molar-refractivity contribution in [2.24, 2.45) is 17.3 Å². The van der Waals surface area contributed by atoms with Gasteiger partial charge in [-0.3, -0.25) is 4.79 Å². The van der Waals surface area contributed by atoms with Crippen LogP contribution in [0.25, 0.3) is 0 Å². The molecule has 0 heterocycles. The average molecular weight is 185 g/mol. The Morgan fingerprint density at radius 1 is 1.23 bits per heavy atom. The van der Waals surface area contributed by atoms with Gasteiger partial charge in [0.15, 0.2) is 0 Å². The fraction of sp³-hybridized carbons (Fsp3) is 0.909. The van der Waals surface area contributed by atoms with Crippen molar-refractivity contribution in [3.8, 4) is 0 Å². The van der Waals surface area contributed by atoms with Crippen molar-refractivity contribution in [2.75, 3.05) is 7.05 Å². The summed E-state index contributed by atoms with van der Waals surface area (Å²) in [6.07, 6.45) is 0.624. The molecule has 0 atom stereocenters. The van der Waals surface area contributed by atoms with Crippen LogP contribution in [0.3, 0.4) is 0 Å². The molecular weight excluding hydrogens is 162 g/mol. The summed E-state index contributed by atoms with van der Waals surface area (Å²) >= 11 is 0. The van der Waals surface area contributed by atoms with E-state index in [0.29, 0.717) is 18.3 Å². The standard InChI is InChI=1S/C11H23NO/c1-8(2)11(5,9(3)4)7-10(13)12-6/h8-9H,7H2,1-6H3,(H,12,13). The summed E-state index contributed by atoms with van der Waals surface area (Å²) in [5.74, 6) is 1.21. The molecule has 0 aliphatic heterocycles. The van der Waals surface area contributed by atoms with E-state index in [2.05, 4.69) is 39.9 Å². The van der Waals surface area contributed by atoms with Crippen molar-refractivity contribution in [3.63, 3.8) is 0 Å². The number of amides is 1. The molecule has 0 rings (SSSR count). The fourth-order valence-corrected chi connectivity index (χ4v) is 1.51. The summed E-state index contributed by atoms with van der Waals surface area (Å²) in [6, 6.07) is 0. The Hall–Kier alpha value is -0.530. The number of hydrogen-bond donors (Lipinski definition) is 1. The van der Waals surface area contributed by atoms with E-state index in [1.54, 1.807) is 7.05 Å². The molecule has 0 saturated carbocycles. The van der Waals surface area contributed by atoms with E-state index in [9.17, 15) is 4.79 Å². The third-order valence-electron chi connectivity index (χ3n) is 3.46. The van der Waals surface area contributed by atoms with Gasteiger partial charge in [-0.2, -0.15) is 0 Å². The van der Waals surface area contributed by atoms with Gasteiger partial charge >= 0.3 is 0 Å². The van der Waals surface area contributed by atoms with Gasteiger partial charge in [0.05, 0.1) is 0 Å². The third-order valence-corrected chi connectivity index (χ3v) is 3.46. The van der Waals surface area contributed by atoms with Gasteiger partial charge in [0.25, 0.3) is 0 Å². The predicted molar refractivity (Wildman–Crippen MR) is 56.5 cm³/mol. The van der Waals surface area contributed by atoms with Gasteiger partial charge in [0.2, 0.25) is 5.91 Å². The minimum Gasteiger partial charge on any atom is -0.359 e. The quantitative estimate of drug-likeness (QED) is 0.716. The molecule has 1 amide bonds. The van der Waals surface area contributed by atoms with Gasteiger partial charge in [-0.05, 0) is 17.3 Å². The van der Waals surface area contributed by atoms with Crippen LogP contribution < -0.4 is 5.32 Å². The van der Waals surface area contributed by atoms with Crippen molar-refractivity contribution in [1.29, 1.82) is 0 Å². The van der Waals surface area contributed by atoms with Crippen molar-refractivity contribution >= 4 is 5.91 Å². The molecule has 0 aromatic rings. The number of rotatable bonds is 4. The Morgan fingerprint density at radius 2 is 1.62 bits per heavy atom. The molecule has 0 saturated heterocycles. The van der Waals surface area contributed by atoms with Crippen LogP contribution in [0.1, 0.15) is 41.0 Å². The first kappa shape index (κ1) is 12.5. The van der Waals surface area contributed by atoms with Crippen LogP contribution in [0, 0.1) is 17.3 Å². The van der Waals surface area contributed by atoms with E-state index < -0.39 is 0 Å². The van der Waals surface area contributed by atoms with E-state index in [4.69, 9.17) is 0 Å². The van der Waals surface area contributed by atoms with Gasteiger partial charge in [-0.25, -0.2) is 0 Å². The highest BCUT2D eigenvalue weighted by atomic mass is 16.1. The van der Waals surface area contributed by atoms with Crippen LogP contribution in [-0.4, -0.2) is 13.0 Å². The minimum absolute atomic E-state index is 0.111. The molecule has 13 heavy (non-hydrogen) atoms. The van der Waals surface area contributed by atoms with Crippen LogP contribution in [-0.2, 0) is 4.79 Å². The molecule has 0 aliphatic carbocycles. The molecule has 0 unspecified atom stereocenters. The summed E-state index contributed by atoms with van der Waals surface area (Å²) in [7, 11) is 1.70. The first-order valence-electron chi connectivity index (χ1n) is 5.05. The maximum atomic E-state index is 11.3. The van der Waals surface area contributed by atoms with Crippen LogP contribution in [0.4, 0.5) is 0 Å². The second-order valence-electron chi connectivity index (χ2n) is 4.67. The molecule has 0 spiro atoms. The van der Waals surface area contributed by atoms with Crippen molar-refractivity contribution in [3.05, 3.63) is 0 Å². The topological polar surface area (TPSA) is 29.1 Å². The summed E-state index contributed by atoms with van der Waals surface area (Å²) < 4.78 is 0. The fourth-order valence-electron chi connectivity index (χ4n) is 1.51. The summed E-state index contributed by atoms with van der Waals surface area (Å²) in [4.78, 5) is 11.3. The SMILES string of the molecule is CNC(=O)CC(C)(C(C)C)C(C)C. The highest BCUT2D eigenvalue weighted by Crippen LogP contribution is 2.38. The molecule has 0 aromatic carbocycles. The van der Waals surface area contributed by atoms with Gasteiger partial charge < -0.3 is 5.32 Å². The number of hydrogen-bond acceptors (Lipinski definition) is 1. The molecule has 0 bridgehead atoms. The van der Waals surface area contributed by atoms with Gasteiger partial charge in [0, 0.05) is 13.5 Å². The Balaban J connectivity index is 4.51. The first-order valence-corrected chi connectivity index (χ1v) is 5.05. The van der Waals surface area contributed by atoms with E-state index in [-0.39, 0.29) is 11.3 Å². The molecule has 0 aromatic heterocycles. The van der Waals surface area contributed by atoms with Crippen molar-refractivity contribution in [2.45, 2.75) is 41.0 Å². The van der Waals surface area contributed by atoms with E-state index in [1.807, 2.05) is 0 Å². The Kier molecular flexibility index (Phi) is 4.45. The Labute approximate surface area is 82.1 Å². The van der Waals surface area contributed by atoms with Crippen LogP contribution >= 0.6 is 0 Å². The number of carbonyl (C=O) groups excluding carboxylic acids is 1. The highest BCUT2D eigenvalue weighted by molar-refractivity contribution is 5.76. The van der Waals surface area contributed by atoms with Crippen LogP contribution in [0.5, 0.6) is 0 Å². The number of nitrogens with one attached hydrogen (secondary N) is 1. The van der Waals surface area contributed by atoms with Crippen LogP contribution in [0.15, 0.2) is 0 Å². The second kappa shape index (κ2) is 4.64. The average Bonchev–Trinajstić information content (AvgIpc) is 2.03. The molecule has 0 aliphatic rings. The normalized spacial score (nSPS) is 12.3. The lowest BCUT2D eigenvalue weighted by Crippen LogP contribution is -2.35. The number of carbonyl (C=O) groups is 1. The summed E-state index contributed by atoms with van der Waals surface area (Å²) in [5, 5.41) is 2.69. The second-order valence-corrected chi connectivity index (χ2v) is 4.67.